The molecule has 0 saturated heterocycles. The monoisotopic (exact) mass is 535 g/mol. The Morgan fingerprint density at radius 2 is 0.921 bits per heavy atom. The summed E-state index contributed by atoms with van der Waals surface area (Å²) >= 11 is 0. The standard InChI is InChI=1S/C36H70O2/c1-4-5-6-7-8-9-10-11-12-13-14-15-18-21-24-27-30-33-36(37)38-34-31-28-25-22-19-16-17-20-23-26-29-32-35(2)3/h11-12,35H,4-10,13-34H2,1-3H3. The molecule has 226 valence electrons. The lowest BCUT2D eigenvalue weighted by molar-refractivity contribution is -0.143. The maximum absolute atomic E-state index is 11.9. The lowest BCUT2D eigenvalue weighted by Gasteiger charge is -2.06. The van der Waals surface area contributed by atoms with Crippen molar-refractivity contribution in [2.75, 3.05) is 6.61 Å². The van der Waals surface area contributed by atoms with Crippen LogP contribution in [0.3, 0.4) is 0 Å². The highest BCUT2D eigenvalue weighted by Gasteiger charge is 2.02. The van der Waals surface area contributed by atoms with Crippen LogP contribution < -0.4 is 0 Å². The largest absolute Gasteiger partial charge is 0.466 e. The molecule has 0 amide bonds. The first-order valence-corrected chi connectivity index (χ1v) is 17.5. The van der Waals surface area contributed by atoms with Gasteiger partial charge in [0.2, 0.25) is 0 Å². The fourth-order valence-corrected chi connectivity index (χ4v) is 5.20. The van der Waals surface area contributed by atoms with Gasteiger partial charge in [0.25, 0.3) is 0 Å². The van der Waals surface area contributed by atoms with Gasteiger partial charge in [0.05, 0.1) is 6.61 Å². The van der Waals surface area contributed by atoms with Gasteiger partial charge >= 0.3 is 5.97 Å². The van der Waals surface area contributed by atoms with Gasteiger partial charge in [-0.1, -0.05) is 168 Å². The molecule has 0 fully saturated rings. The lowest BCUT2D eigenvalue weighted by Crippen LogP contribution is -2.05. The van der Waals surface area contributed by atoms with E-state index in [1.807, 2.05) is 0 Å². The summed E-state index contributed by atoms with van der Waals surface area (Å²) in [4.78, 5) is 11.9. The molecule has 2 nitrogen and oxygen atoms in total. The van der Waals surface area contributed by atoms with E-state index in [4.69, 9.17) is 4.74 Å². The van der Waals surface area contributed by atoms with Crippen molar-refractivity contribution in [1.29, 1.82) is 0 Å². The number of esters is 1. The number of carbonyl (C=O) groups excluding carboxylic acids is 1. The summed E-state index contributed by atoms with van der Waals surface area (Å²) in [6, 6.07) is 0. The molecule has 0 bridgehead atoms. The third-order valence-corrected chi connectivity index (χ3v) is 7.83. The molecular formula is C36H70O2. The Kier molecular flexibility index (Phi) is 31.7. The molecule has 0 aliphatic rings. The van der Waals surface area contributed by atoms with E-state index in [0.29, 0.717) is 13.0 Å². The second-order valence-corrected chi connectivity index (χ2v) is 12.3. The number of allylic oxidation sites excluding steroid dienone is 2. The van der Waals surface area contributed by atoms with Crippen LogP contribution in [0.4, 0.5) is 0 Å². The van der Waals surface area contributed by atoms with E-state index in [-0.39, 0.29) is 5.97 Å². The van der Waals surface area contributed by atoms with E-state index in [1.165, 1.54) is 161 Å². The van der Waals surface area contributed by atoms with Gasteiger partial charge in [0, 0.05) is 6.42 Å². The van der Waals surface area contributed by atoms with Crippen LogP contribution in [-0.4, -0.2) is 12.6 Å². The highest BCUT2D eigenvalue weighted by molar-refractivity contribution is 5.69. The molecule has 0 aromatic heterocycles. The first kappa shape index (κ1) is 37.2. The van der Waals surface area contributed by atoms with Crippen molar-refractivity contribution in [1.82, 2.24) is 0 Å². The number of hydrogen-bond donors (Lipinski definition) is 0. The minimum absolute atomic E-state index is 0.0196. The molecule has 0 saturated carbocycles. The average molecular weight is 535 g/mol. The molecule has 0 rings (SSSR count). The van der Waals surface area contributed by atoms with E-state index in [2.05, 4.69) is 32.9 Å². The van der Waals surface area contributed by atoms with Crippen LogP contribution in [0.1, 0.15) is 201 Å². The van der Waals surface area contributed by atoms with Crippen LogP contribution in [-0.2, 0) is 9.53 Å². The Labute approximate surface area is 240 Å². The van der Waals surface area contributed by atoms with E-state index >= 15 is 0 Å². The average Bonchev–Trinajstić information content (AvgIpc) is 2.90. The number of rotatable bonds is 31. The second kappa shape index (κ2) is 32.4. The van der Waals surface area contributed by atoms with Crippen LogP contribution >= 0.6 is 0 Å². The van der Waals surface area contributed by atoms with Crippen molar-refractivity contribution < 1.29 is 9.53 Å². The van der Waals surface area contributed by atoms with Crippen LogP contribution in [0.15, 0.2) is 12.2 Å². The van der Waals surface area contributed by atoms with Gasteiger partial charge in [0.15, 0.2) is 0 Å². The maximum Gasteiger partial charge on any atom is 0.305 e. The van der Waals surface area contributed by atoms with Crippen LogP contribution in [0, 0.1) is 5.92 Å². The molecule has 0 unspecified atom stereocenters. The topological polar surface area (TPSA) is 26.3 Å². The van der Waals surface area contributed by atoms with E-state index in [9.17, 15) is 4.79 Å². The Balaban J connectivity index is 3.19. The Morgan fingerprint density at radius 1 is 0.526 bits per heavy atom. The molecule has 0 spiro atoms. The third-order valence-electron chi connectivity index (χ3n) is 7.83. The lowest BCUT2D eigenvalue weighted by atomic mass is 10.0. The normalized spacial score (nSPS) is 11.7. The van der Waals surface area contributed by atoms with Crippen molar-refractivity contribution in [2.24, 2.45) is 5.92 Å². The molecule has 38 heavy (non-hydrogen) atoms. The molecule has 0 radical (unpaired) electrons. The molecule has 0 aliphatic carbocycles. The van der Waals surface area contributed by atoms with Crippen molar-refractivity contribution >= 4 is 5.97 Å². The van der Waals surface area contributed by atoms with Crippen LogP contribution in [0.5, 0.6) is 0 Å². The van der Waals surface area contributed by atoms with Gasteiger partial charge in [-0.3, -0.25) is 4.79 Å². The van der Waals surface area contributed by atoms with Gasteiger partial charge in [-0.05, 0) is 44.4 Å². The Morgan fingerprint density at radius 3 is 1.39 bits per heavy atom. The van der Waals surface area contributed by atoms with Crippen molar-refractivity contribution in [3.8, 4) is 0 Å². The predicted molar refractivity (Wildman–Crippen MR) is 170 cm³/mol. The summed E-state index contributed by atoms with van der Waals surface area (Å²) in [7, 11) is 0. The van der Waals surface area contributed by atoms with E-state index in [1.54, 1.807) is 0 Å². The third kappa shape index (κ3) is 33.2. The Bertz CT molecular complexity index is 482. The van der Waals surface area contributed by atoms with Gasteiger partial charge in [-0.2, -0.15) is 0 Å². The number of carbonyl (C=O) groups is 1. The molecule has 2 heteroatoms. The first-order valence-electron chi connectivity index (χ1n) is 17.5. The summed E-state index contributed by atoms with van der Waals surface area (Å²) in [6.07, 6.45) is 41.2. The second-order valence-electron chi connectivity index (χ2n) is 12.3. The SMILES string of the molecule is CCCCCCCCC=CCCCCCCCCCC(=O)OCCCCCCCCCCCCCC(C)C. The Hall–Kier alpha value is -0.790. The van der Waals surface area contributed by atoms with Crippen molar-refractivity contribution in [3.63, 3.8) is 0 Å². The predicted octanol–water partition coefficient (Wildman–Crippen LogP) is 12.7. The summed E-state index contributed by atoms with van der Waals surface area (Å²) in [5.74, 6) is 0.886. The molecule has 0 aromatic carbocycles. The van der Waals surface area contributed by atoms with Gasteiger partial charge in [-0.15, -0.1) is 0 Å². The maximum atomic E-state index is 11.9. The molecular weight excluding hydrogens is 464 g/mol. The zero-order valence-electron chi connectivity index (χ0n) is 26.6. The van der Waals surface area contributed by atoms with Gasteiger partial charge < -0.3 is 4.74 Å². The zero-order valence-corrected chi connectivity index (χ0v) is 26.6. The number of unbranched alkanes of at least 4 members (excludes halogenated alkanes) is 23. The summed E-state index contributed by atoms with van der Waals surface area (Å²) in [5.41, 5.74) is 0. The molecule has 0 heterocycles. The first-order chi connectivity index (χ1) is 18.7. The van der Waals surface area contributed by atoms with Crippen LogP contribution in [0.2, 0.25) is 0 Å². The smallest absolute Gasteiger partial charge is 0.305 e. The molecule has 0 aromatic rings. The van der Waals surface area contributed by atoms with Gasteiger partial charge in [0.1, 0.15) is 0 Å². The summed E-state index contributed by atoms with van der Waals surface area (Å²) < 4.78 is 5.43. The van der Waals surface area contributed by atoms with Gasteiger partial charge in [-0.25, -0.2) is 0 Å². The van der Waals surface area contributed by atoms with Crippen LogP contribution in [0.25, 0.3) is 0 Å². The van der Waals surface area contributed by atoms with Crippen molar-refractivity contribution in [3.05, 3.63) is 12.2 Å². The highest BCUT2D eigenvalue weighted by atomic mass is 16.5. The molecule has 0 aliphatic heterocycles. The van der Waals surface area contributed by atoms with Crippen molar-refractivity contribution in [2.45, 2.75) is 201 Å². The minimum Gasteiger partial charge on any atom is -0.466 e. The number of hydrogen-bond acceptors (Lipinski definition) is 2. The molecule has 0 atom stereocenters. The highest BCUT2D eigenvalue weighted by Crippen LogP contribution is 2.14. The van der Waals surface area contributed by atoms with E-state index < -0.39 is 0 Å². The fraction of sp³-hybridized carbons (Fsp3) is 0.917. The number of ether oxygens (including phenoxy) is 1. The summed E-state index contributed by atoms with van der Waals surface area (Å²) in [5, 5.41) is 0. The molecule has 0 N–H and O–H groups in total. The summed E-state index contributed by atoms with van der Waals surface area (Å²) in [6.45, 7) is 7.56. The van der Waals surface area contributed by atoms with E-state index in [0.717, 1.165) is 18.8 Å². The quantitative estimate of drug-likeness (QED) is 0.0502. The minimum atomic E-state index is 0.0196. The fourth-order valence-electron chi connectivity index (χ4n) is 5.20. The zero-order chi connectivity index (χ0) is 27.8.